The van der Waals surface area contributed by atoms with E-state index in [2.05, 4.69) is 0 Å². The highest BCUT2D eigenvalue weighted by Crippen LogP contribution is 2.18. The second-order valence-electron chi connectivity index (χ2n) is 2.65. The van der Waals surface area contributed by atoms with Gasteiger partial charge in [0.1, 0.15) is 0 Å². The summed E-state index contributed by atoms with van der Waals surface area (Å²) in [5.41, 5.74) is 0. The molecule has 0 saturated carbocycles. The van der Waals surface area contributed by atoms with Crippen LogP contribution in [0, 0.1) is 0 Å². The molecule has 0 rings (SSSR count). The van der Waals surface area contributed by atoms with Gasteiger partial charge in [0.2, 0.25) is 0 Å². The predicted octanol–water partition coefficient (Wildman–Crippen LogP) is 2.26. The Morgan fingerprint density at radius 2 is 1.62 bits per heavy atom. The Balaban J connectivity index is 4.05. The van der Waals surface area contributed by atoms with Crippen LogP contribution in [0.5, 0.6) is 0 Å². The maximum atomic E-state index is 11.7. The highest BCUT2D eigenvalue weighted by atomic mass is 19.4. The van der Waals surface area contributed by atoms with E-state index in [1.54, 1.807) is 0 Å². The van der Waals surface area contributed by atoms with Crippen molar-refractivity contribution in [1.82, 2.24) is 4.90 Å². The Hall–Kier alpha value is -0.395. The van der Waals surface area contributed by atoms with Gasteiger partial charge in [-0.25, -0.2) is 0 Å². The van der Waals surface area contributed by atoms with Crippen molar-refractivity contribution < 1.29 is 26.1 Å². The van der Waals surface area contributed by atoms with Crippen LogP contribution in [-0.4, -0.2) is 37.6 Å². The van der Waals surface area contributed by atoms with Crippen LogP contribution in [0.1, 0.15) is 6.92 Å². The first-order chi connectivity index (χ1) is 5.64. The van der Waals surface area contributed by atoms with Crippen LogP contribution in [0.25, 0.3) is 0 Å². The van der Waals surface area contributed by atoms with E-state index >= 15 is 0 Å². The molecule has 80 valence electrons. The summed E-state index contributed by atoms with van der Waals surface area (Å²) in [6, 6.07) is 0. The van der Waals surface area contributed by atoms with Crippen molar-refractivity contribution in [2.75, 3.05) is 19.5 Å². The van der Waals surface area contributed by atoms with Crippen LogP contribution in [0.3, 0.4) is 0 Å². The molecule has 0 amide bonds. The van der Waals surface area contributed by atoms with Gasteiger partial charge in [-0.3, -0.25) is 0 Å². The lowest BCUT2D eigenvalue weighted by atomic mass is 9.91. The summed E-state index contributed by atoms with van der Waals surface area (Å²) in [6.45, 7) is -5.70. The molecule has 0 aliphatic heterocycles. The van der Waals surface area contributed by atoms with Crippen LogP contribution in [-0.2, 0) is 0 Å². The SMILES string of the molecule is CCN(C[B-](F)(F)F)CC(F)(F)F. The molecule has 13 heavy (non-hydrogen) atoms. The molecule has 0 saturated heterocycles. The average molecular weight is 208 g/mol. The van der Waals surface area contributed by atoms with Gasteiger partial charge in [0.25, 0.3) is 0 Å². The second kappa shape index (κ2) is 4.21. The molecule has 0 aromatic heterocycles. The molecule has 0 unspecified atom stereocenters. The molecule has 0 radical (unpaired) electrons. The van der Waals surface area contributed by atoms with Gasteiger partial charge < -0.3 is 17.8 Å². The van der Waals surface area contributed by atoms with Crippen molar-refractivity contribution in [2.45, 2.75) is 13.1 Å². The van der Waals surface area contributed by atoms with Crippen molar-refractivity contribution >= 4 is 6.98 Å². The summed E-state index contributed by atoms with van der Waals surface area (Å²) in [4.78, 5) is 0.319. The minimum atomic E-state index is -5.18. The van der Waals surface area contributed by atoms with Crippen LogP contribution in [0.15, 0.2) is 0 Å². The van der Waals surface area contributed by atoms with Crippen molar-refractivity contribution in [3.8, 4) is 0 Å². The van der Waals surface area contributed by atoms with Crippen LogP contribution < -0.4 is 0 Å². The molecule has 0 fully saturated rings. The number of rotatable bonds is 4. The molecule has 0 aliphatic carbocycles. The number of hydrogen-bond donors (Lipinski definition) is 0. The minimum Gasteiger partial charge on any atom is -0.448 e. The number of hydrogen-bond acceptors (Lipinski definition) is 1. The standard InChI is InChI=1S/C5H9BF6N/c1-2-13(3-5(7,8)9)4-6(10,11)12/h2-4H2,1H3/q-1. The first-order valence-electron chi connectivity index (χ1n) is 3.64. The fourth-order valence-corrected chi connectivity index (χ4v) is 0.852. The summed E-state index contributed by atoms with van der Waals surface area (Å²) in [6.07, 6.45) is -6.03. The zero-order valence-corrected chi connectivity index (χ0v) is 6.91. The molecule has 0 aromatic carbocycles. The fraction of sp³-hybridized carbons (Fsp3) is 1.00. The van der Waals surface area contributed by atoms with Crippen molar-refractivity contribution in [3.05, 3.63) is 0 Å². The van der Waals surface area contributed by atoms with Crippen LogP contribution >= 0.6 is 0 Å². The fourth-order valence-electron chi connectivity index (χ4n) is 0.852. The Bertz CT molecular complexity index is 136. The molecule has 0 heterocycles. The lowest BCUT2D eigenvalue weighted by molar-refractivity contribution is -0.144. The highest BCUT2D eigenvalue weighted by Gasteiger charge is 2.34. The second-order valence-corrected chi connectivity index (χ2v) is 2.65. The molecule has 0 bridgehead atoms. The van der Waals surface area contributed by atoms with Gasteiger partial charge in [-0.2, -0.15) is 13.2 Å². The van der Waals surface area contributed by atoms with E-state index in [0.29, 0.717) is 4.90 Å². The normalized spacial score (nSPS) is 13.8. The summed E-state index contributed by atoms with van der Waals surface area (Å²) < 4.78 is 70.2. The Morgan fingerprint density at radius 3 is 1.85 bits per heavy atom. The van der Waals surface area contributed by atoms with E-state index in [4.69, 9.17) is 0 Å². The molecule has 0 N–H and O–H groups in total. The zero-order valence-electron chi connectivity index (χ0n) is 6.91. The molecule has 1 nitrogen and oxygen atoms in total. The quantitative estimate of drug-likeness (QED) is 0.505. The Morgan fingerprint density at radius 1 is 1.15 bits per heavy atom. The topological polar surface area (TPSA) is 3.24 Å². The van der Waals surface area contributed by atoms with E-state index in [9.17, 15) is 26.1 Å². The molecular formula is C5H9BF6N-. The smallest absolute Gasteiger partial charge is 0.448 e. The van der Waals surface area contributed by atoms with E-state index < -0.39 is 26.1 Å². The molecule has 0 spiro atoms. The Kier molecular flexibility index (Phi) is 4.08. The number of alkyl halides is 3. The summed E-state index contributed by atoms with van der Waals surface area (Å²) in [7, 11) is 0. The zero-order chi connectivity index (χ0) is 10.7. The maximum absolute atomic E-state index is 11.7. The minimum absolute atomic E-state index is 0.263. The molecule has 8 heteroatoms. The van der Waals surface area contributed by atoms with Gasteiger partial charge in [0, 0.05) is 0 Å². The van der Waals surface area contributed by atoms with Crippen LogP contribution in [0.2, 0.25) is 0 Å². The largest absolute Gasteiger partial charge is 0.492 e. The molecular weight excluding hydrogens is 199 g/mol. The van der Waals surface area contributed by atoms with Crippen LogP contribution in [0.4, 0.5) is 26.1 Å². The highest BCUT2D eigenvalue weighted by molar-refractivity contribution is 6.58. The van der Waals surface area contributed by atoms with E-state index in [1.165, 1.54) is 6.92 Å². The van der Waals surface area contributed by atoms with Crippen molar-refractivity contribution in [3.63, 3.8) is 0 Å². The van der Waals surface area contributed by atoms with Gasteiger partial charge >= 0.3 is 13.2 Å². The van der Waals surface area contributed by atoms with E-state index in [0.717, 1.165) is 0 Å². The summed E-state index contributed by atoms with van der Waals surface area (Å²) in [5.74, 6) is 0. The number of halogens is 6. The summed E-state index contributed by atoms with van der Waals surface area (Å²) in [5, 5.41) is 0. The van der Waals surface area contributed by atoms with Gasteiger partial charge in [0.15, 0.2) is 0 Å². The van der Waals surface area contributed by atoms with Gasteiger partial charge in [-0.05, 0) is 13.0 Å². The maximum Gasteiger partial charge on any atom is 0.492 e. The monoisotopic (exact) mass is 208 g/mol. The first-order valence-corrected chi connectivity index (χ1v) is 3.64. The number of nitrogens with zero attached hydrogens (tertiary/aromatic N) is 1. The third kappa shape index (κ3) is 7.95. The van der Waals surface area contributed by atoms with Gasteiger partial charge in [0.05, 0.1) is 6.54 Å². The first kappa shape index (κ1) is 12.6. The lowest BCUT2D eigenvalue weighted by Crippen LogP contribution is -2.42. The van der Waals surface area contributed by atoms with Gasteiger partial charge in [-0.1, -0.05) is 6.92 Å². The molecule has 0 aromatic rings. The third-order valence-electron chi connectivity index (χ3n) is 1.32. The molecule has 0 atom stereocenters. The Labute approximate surface area is 71.8 Å². The van der Waals surface area contributed by atoms with Crippen molar-refractivity contribution in [2.24, 2.45) is 0 Å². The van der Waals surface area contributed by atoms with Gasteiger partial charge in [-0.15, -0.1) is 0 Å². The van der Waals surface area contributed by atoms with E-state index in [1.807, 2.05) is 0 Å². The molecule has 0 aliphatic rings. The summed E-state index contributed by atoms with van der Waals surface area (Å²) >= 11 is 0. The predicted molar refractivity (Wildman–Crippen MR) is 37.2 cm³/mol. The average Bonchev–Trinajstić information content (AvgIpc) is 1.79. The third-order valence-corrected chi connectivity index (χ3v) is 1.32. The van der Waals surface area contributed by atoms with E-state index in [-0.39, 0.29) is 6.54 Å². The lowest BCUT2D eigenvalue weighted by Gasteiger charge is -2.27. The van der Waals surface area contributed by atoms with Crippen molar-refractivity contribution in [1.29, 1.82) is 0 Å².